The first-order chi connectivity index (χ1) is 28.9. The van der Waals surface area contributed by atoms with Crippen LogP contribution < -0.4 is 28.4 Å². The largest absolute Gasteiger partial charge is 0.493 e. The second-order valence-corrected chi connectivity index (χ2v) is 16.8. The summed E-state index contributed by atoms with van der Waals surface area (Å²) in [5, 5.41) is 0. The Labute approximate surface area is 369 Å². The van der Waals surface area contributed by atoms with E-state index < -0.39 is 31.0 Å². The van der Waals surface area contributed by atoms with Crippen molar-refractivity contribution in [1.82, 2.24) is 4.31 Å². The van der Waals surface area contributed by atoms with Crippen LogP contribution in [0, 0.1) is 0 Å². The second-order valence-electron chi connectivity index (χ2n) is 12.3. The number of esters is 3. The van der Waals surface area contributed by atoms with Gasteiger partial charge in [0, 0.05) is 44.8 Å². The summed E-state index contributed by atoms with van der Waals surface area (Å²) in [7, 11) is 11.5. The molecule has 62 heavy (non-hydrogen) atoms. The van der Waals surface area contributed by atoms with Crippen LogP contribution in [-0.2, 0) is 73.5 Å². The number of halogens is 1. The quantitative estimate of drug-likeness (QED) is 0.0613. The number of benzene rings is 4. The van der Waals surface area contributed by atoms with E-state index in [1.165, 1.54) is 85.4 Å². The topological polar surface area (TPSA) is 206 Å². The van der Waals surface area contributed by atoms with Crippen molar-refractivity contribution in [1.29, 1.82) is 0 Å². The molecule has 21 heteroatoms. The van der Waals surface area contributed by atoms with Crippen molar-refractivity contribution >= 4 is 56.1 Å². The lowest BCUT2D eigenvalue weighted by molar-refractivity contribution is -0.140. The van der Waals surface area contributed by atoms with Crippen LogP contribution in [0.3, 0.4) is 0 Å². The summed E-state index contributed by atoms with van der Waals surface area (Å²) in [6.45, 7) is 0.190. The molecule has 0 saturated carbocycles. The molecule has 0 amide bonds. The number of carbonyl (C=O) groups is 3. The highest BCUT2D eigenvalue weighted by Gasteiger charge is 2.28. The monoisotopic (exact) mass is 922 g/mol. The lowest BCUT2D eigenvalue weighted by atomic mass is 10.1. The van der Waals surface area contributed by atoms with Crippen molar-refractivity contribution in [2.75, 3.05) is 71.0 Å². The summed E-state index contributed by atoms with van der Waals surface area (Å²) in [6, 6.07) is 20.0. The molecule has 337 valence electrons. The van der Waals surface area contributed by atoms with Crippen molar-refractivity contribution in [2.24, 2.45) is 0 Å². The van der Waals surface area contributed by atoms with E-state index in [1.54, 1.807) is 32.4 Å². The van der Waals surface area contributed by atoms with Crippen molar-refractivity contribution < 1.29 is 73.9 Å². The number of rotatable bonds is 17. The van der Waals surface area contributed by atoms with Crippen LogP contribution in [0.25, 0.3) is 0 Å². The standard InChI is InChI=1S/C19H23NO6S.C11H13ClO6S.C11H14O4.B/c1-20(13-14-8-6-5-7-9-14)27(22,23)18-12-17(25-3)16(24-2)10-15(18)11-19(21)26-4;1-16-8-4-7(5-11(13)18-3)10(19(12,14)15)6-9(8)17-2;1-13-9-5-4-8(6-10(9)14-2)7-11(12)15-3;/h5-10,12H,11,13H2,1-4H3;4,6H,5H2,1-3H3;4-6H,7H2,1-3H3;. The summed E-state index contributed by atoms with van der Waals surface area (Å²) in [5.74, 6) is 0.935. The highest BCUT2D eigenvalue weighted by molar-refractivity contribution is 8.13. The molecule has 0 heterocycles. The van der Waals surface area contributed by atoms with Crippen LogP contribution in [0.4, 0.5) is 0 Å². The Balaban J connectivity index is 0.000000484. The minimum atomic E-state index is -4.02. The molecule has 0 aliphatic carbocycles. The van der Waals surface area contributed by atoms with Crippen LogP contribution in [0.15, 0.2) is 82.6 Å². The maximum absolute atomic E-state index is 13.2. The fourth-order valence-electron chi connectivity index (χ4n) is 5.33. The van der Waals surface area contributed by atoms with Gasteiger partial charge in [0.2, 0.25) is 10.0 Å². The van der Waals surface area contributed by atoms with Gasteiger partial charge in [-0.05, 0) is 46.5 Å². The number of methoxy groups -OCH3 is 9. The van der Waals surface area contributed by atoms with E-state index in [0.29, 0.717) is 23.0 Å². The van der Waals surface area contributed by atoms with Crippen molar-refractivity contribution in [3.63, 3.8) is 0 Å². The normalized spacial score (nSPS) is 10.6. The Morgan fingerprint density at radius 2 is 0.887 bits per heavy atom. The number of ether oxygens (including phenoxy) is 9. The summed E-state index contributed by atoms with van der Waals surface area (Å²) in [5.41, 5.74) is 2.14. The van der Waals surface area contributed by atoms with Gasteiger partial charge in [-0.3, -0.25) is 14.4 Å². The maximum Gasteiger partial charge on any atom is 0.310 e. The number of sulfonamides is 1. The van der Waals surface area contributed by atoms with Gasteiger partial charge < -0.3 is 42.6 Å². The summed E-state index contributed by atoms with van der Waals surface area (Å²) >= 11 is 0. The molecule has 0 atom stereocenters. The smallest absolute Gasteiger partial charge is 0.310 e. The molecule has 4 aromatic rings. The molecule has 17 nitrogen and oxygen atoms in total. The predicted octanol–water partition coefficient (Wildman–Crippen LogP) is 4.63. The molecule has 0 fully saturated rings. The Kier molecular flexibility index (Phi) is 22.7. The zero-order valence-electron chi connectivity index (χ0n) is 36.0. The van der Waals surface area contributed by atoms with E-state index in [2.05, 4.69) is 14.2 Å². The molecule has 0 aliphatic heterocycles. The summed E-state index contributed by atoms with van der Waals surface area (Å²) in [6.07, 6.45) is -0.209. The SMILES string of the molecule is COC(=O)Cc1cc(OC)c(OC)cc1S(=O)(=O)Cl.COC(=O)Cc1cc(OC)c(OC)cc1S(=O)(=O)N(C)Cc1ccccc1.COC(=O)Cc1ccc(OC)c(OC)c1.[B]. The molecule has 0 spiro atoms. The number of hydrogen-bond acceptors (Lipinski definition) is 16. The van der Waals surface area contributed by atoms with E-state index in [4.69, 9.17) is 39.1 Å². The summed E-state index contributed by atoms with van der Waals surface area (Å²) in [4.78, 5) is 33.9. The first-order valence-electron chi connectivity index (χ1n) is 17.7. The Hall–Kier alpha value is -5.70. The van der Waals surface area contributed by atoms with Crippen molar-refractivity contribution in [3.8, 4) is 34.5 Å². The first-order valence-corrected chi connectivity index (χ1v) is 21.5. The van der Waals surface area contributed by atoms with Crippen LogP contribution in [0.5, 0.6) is 34.5 Å². The third-order valence-electron chi connectivity index (χ3n) is 8.48. The Morgan fingerprint density at radius 3 is 1.31 bits per heavy atom. The highest BCUT2D eigenvalue weighted by Crippen LogP contribution is 2.36. The zero-order chi connectivity index (χ0) is 45.9. The fourth-order valence-corrected chi connectivity index (χ4v) is 7.82. The number of carbonyl (C=O) groups excluding carboxylic acids is 3. The van der Waals surface area contributed by atoms with E-state index in [0.717, 1.165) is 11.1 Å². The van der Waals surface area contributed by atoms with Gasteiger partial charge in [0.1, 0.15) is 0 Å². The van der Waals surface area contributed by atoms with Gasteiger partial charge in [0.05, 0.1) is 93.0 Å². The van der Waals surface area contributed by atoms with Crippen molar-refractivity contribution in [3.05, 3.63) is 95.1 Å². The minimum absolute atomic E-state index is 0. The van der Waals surface area contributed by atoms with Gasteiger partial charge in [0.15, 0.2) is 34.5 Å². The summed E-state index contributed by atoms with van der Waals surface area (Å²) < 4.78 is 95.1. The van der Waals surface area contributed by atoms with Gasteiger partial charge in [-0.1, -0.05) is 36.4 Å². The number of hydrogen-bond donors (Lipinski definition) is 0. The lowest BCUT2D eigenvalue weighted by Gasteiger charge is -2.21. The van der Waals surface area contributed by atoms with E-state index >= 15 is 0 Å². The van der Waals surface area contributed by atoms with E-state index in [9.17, 15) is 31.2 Å². The van der Waals surface area contributed by atoms with Crippen LogP contribution >= 0.6 is 10.7 Å². The fraction of sp³-hybridized carbons (Fsp3) is 0.341. The molecule has 0 bridgehead atoms. The second kappa shape index (κ2) is 25.9. The third-order valence-corrected chi connectivity index (χ3v) is 11.8. The number of nitrogens with zero attached hydrogens (tertiary/aromatic N) is 1. The Bertz CT molecular complexity index is 2330. The zero-order valence-corrected chi connectivity index (χ0v) is 38.4. The van der Waals surface area contributed by atoms with E-state index in [-0.39, 0.29) is 72.6 Å². The first kappa shape index (κ1) is 54.3. The van der Waals surface area contributed by atoms with Gasteiger partial charge in [-0.2, -0.15) is 4.31 Å². The Morgan fingerprint density at radius 1 is 0.500 bits per heavy atom. The van der Waals surface area contributed by atoms with Gasteiger partial charge >= 0.3 is 17.9 Å². The molecule has 4 aromatic carbocycles. The third kappa shape index (κ3) is 15.6. The molecule has 0 unspecified atom stereocenters. The average molecular weight is 923 g/mol. The lowest BCUT2D eigenvalue weighted by Crippen LogP contribution is -2.28. The molecular formula is C41H50BClNO16S2. The average Bonchev–Trinajstić information content (AvgIpc) is 3.25. The van der Waals surface area contributed by atoms with Crippen LogP contribution in [0.1, 0.15) is 22.3 Å². The predicted molar refractivity (Wildman–Crippen MR) is 230 cm³/mol. The van der Waals surface area contributed by atoms with E-state index in [1.807, 2.05) is 30.3 Å². The highest BCUT2D eigenvalue weighted by atomic mass is 35.7. The molecule has 0 N–H and O–H groups in total. The minimum Gasteiger partial charge on any atom is -0.493 e. The van der Waals surface area contributed by atoms with Gasteiger partial charge in [-0.25, -0.2) is 16.8 Å². The molecule has 3 radical (unpaired) electrons. The van der Waals surface area contributed by atoms with Crippen LogP contribution in [-0.4, -0.2) is 118 Å². The molecule has 0 aromatic heterocycles. The molecular weight excluding hydrogens is 873 g/mol. The molecule has 0 aliphatic rings. The van der Waals surface area contributed by atoms with Crippen molar-refractivity contribution in [2.45, 2.75) is 35.6 Å². The maximum atomic E-state index is 13.2. The van der Waals surface area contributed by atoms with Gasteiger partial charge in [-0.15, -0.1) is 0 Å². The molecule has 0 saturated heterocycles. The van der Waals surface area contributed by atoms with Crippen LogP contribution in [0.2, 0.25) is 0 Å². The molecule has 4 rings (SSSR count). The van der Waals surface area contributed by atoms with Gasteiger partial charge in [0.25, 0.3) is 9.05 Å².